The largest absolute Gasteiger partial charge is 0.484 e. The molecule has 5 rings (SSSR count). The predicted octanol–water partition coefficient (Wildman–Crippen LogP) is 4.75. The third-order valence-corrected chi connectivity index (χ3v) is 9.35. The molecule has 5 nitrogen and oxygen atoms in total. The molecule has 3 aliphatic rings. The Bertz CT molecular complexity index is 1170. The van der Waals surface area contributed by atoms with Gasteiger partial charge in [0.15, 0.2) is 0 Å². The maximum absolute atomic E-state index is 13.0. The molecule has 31 heavy (non-hydrogen) atoms. The van der Waals surface area contributed by atoms with E-state index in [1.807, 2.05) is 16.4 Å². The van der Waals surface area contributed by atoms with Gasteiger partial charge in [0.05, 0.1) is 14.9 Å². The molecule has 1 atom stereocenters. The van der Waals surface area contributed by atoms with Crippen LogP contribution in [0.3, 0.4) is 0 Å². The topological polar surface area (TPSA) is 63.7 Å². The predicted molar refractivity (Wildman–Crippen MR) is 123 cm³/mol. The summed E-state index contributed by atoms with van der Waals surface area (Å²) in [5, 5.41) is 0.806. The van der Waals surface area contributed by atoms with Gasteiger partial charge in [-0.1, -0.05) is 47.5 Å². The molecule has 0 amide bonds. The number of hydrogen-bond donors (Lipinski definition) is 0. The van der Waals surface area contributed by atoms with Gasteiger partial charge in [0.25, 0.3) is 0 Å². The van der Waals surface area contributed by atoms with Crippen molar-refractivity contribution in [3.63, 3.8) is 0 Å². The molecule has 160 valence electrons. The summed E-state index contributed by atoms with van der Waals surface area (Å²) < 4.78 is 21.4. The molecule has 2 aromatic rings. The summed E-state index contributed by atoms with van der Waals surface area (Å²) in [6.45, 7) is 1.15. The fourth-order valence-electron chi connectivity index (χ4n) is 4.05. The normalized spacial score (nSPS) is 21.5. The molecular formula is C22H17Cl2NO4S2. The van der Waals surface area contributed by atoms with Gasteiger partial charge in [-0.15, -0.1) is 11.8 Å². The molecule has 2 aromatic carbocycles. The van der Waals surface area contributed by atoms with Crippen molar-refractivity contribution in [2.45, 2.75) is 23.3 Å². The summed E-state index contributed by atoms with van der Waals surface area (Å²) in [6.07, 6.45) is 1.32. The molecule has 1 spiro atoms. The van der Waals surface area contributed by atoms with E-state index in [0.29, 0.717) is 68.4 Å². The maximum atomic E-state index is 13.0. The molecule has 0 radical (unpaired) electrons. The van der Waals surface area contributed by atoms with E-state index in [-0.39, 0.29) is 0 Å². The number of carbonyl (C=O) groups is 2. The number of piperidine rings is 1. The molecule has 0 bridgehead atoms. The summed E-state index contributed by atoms with van der Waals surface area (Å²) >= 11 is 13.4. The molecule has 9 heteroatoms. The molecule has 0 N–H and O–H groups in total. The number of halogens is 2. The second kappa shape index (κ2) is 8.05. The molecule has 1 aliphatic carbocycles. The van der Waals surface area contributed by atoms with Gasteiger partial charge in [0.1, 0.15) is 27.3 Å². The van der Waals surface area contributed by atoms with Crippen LogP contribution in [0.2, 0.25) is 10.0 Å². The molecule has 0 saturated carbocycles. The average Bonchev–Trinajstić information content (AvgIpc) is 2.79. The Morgan fingerprint density at radius 1 is 0.968 bits per heavy atom. The second-order valence-electron chi connectivity index (χ2n) is 7.69. The van der Waals surface area contributed by atoms with E-state index >= 15 is 0 Å². The van der Waals surface area contributed by atoms with Gasteiger partial charge >= 0.3 is 0 Å². The SMILES string of the molecule is O=C1C(=O)c2ccccc2C2=C1SCC1(CCN(S(=O)c3ccc(Cl)c(Cl)c3)CC1)O2. The van der Waals surface area contributed by atoms with Crippen molar-refractivity contribution in [2.75, 3.05) is 18.8 Å². The molecule has 1 fully saturated rings. The fraction of sp³-hybridized carbons (Fsp3) is 0.273. The molecule has 1 unspecified atom stereocenters. The second-order valence-corrected chi connectivity index (χ2v) is 11.0. The highest BCUT2D eigenvalue weighted by Gasteiger charge is 2.46. The van der Waals surface area contributed by atoms with Crippen molar-refractivity contribution in [3.05, 3.63) is 68.5 Å². The van der Waals surface area contributed by atoms with Crippen LogP contribution >= 0.6 is 35.0 Å². The zero-order valence-corrected chi connectivity index (χ0v) is 19.4. The Morgan fingerprint density at radius 2 is 1.68 bits per heavy atom. The number of thioether (sulfide) groups is 1. The van der Waals surface area contributed by atoms with Gasteiger partial charge in [0.2, 0.25) is 11.6 Å². The van der Waals surface area contributed by atoms with Crippen LogP contribution < -0.4 is 0 Å². The highest BCUT2D eigenvalue weighted by atomic mass is 35.5. The van der Waals surface area contributed by atoms with Gasteiger partial charge in [-0.3, -0.25) is 9.59 Å². The number of benzene rings is 2. The lowest BCUT2D eigenvalue weighted by Crippen LogP contribution is -2.49. The summed E-state index contributed by atoms with van der Waals surface area (Å²) in [6, 6.07) is 12.1. The lowest BCUT2D eigenvalue weighted by Gasteiger charge is -2.45. The maximum Gasteiger partial charge on any atom is 0.243 e. The minimum absolute atomic E-state index is 0.377. The summed E-state index contributed by atoms with van der Waals surface area (Å²) in [5.74, 6) is 0.121. The standard InChI is InChI=1S/C22H17Cl2NO4S2/c23-16-6-5-13(11-17(16)24)31(28)25-9-7-22(8-10-25)12-30-21-19(27)18(26)14-3-1-2-4-15(14)20(21)29-22/h1-6,11H,7-10,12H2. The van der Waals surface area contributed by atoms with Gasteiger partial charge in [-0.25, -0.2) is 8.51 Å². The Hall–Kier alpha value is -1.64. The number of ketones is 2. The van der Waals surface area contributed by atoms with Gasteiger partial charge < -0.3 is 4.74 Å². The van der Waals surface area contributed by atoms with Gasteiger partial charge in [0, 0.05) is 42.8 Å². The van der Waals surface area contributed by atoms with E-state index in [4.69, 9.17) is 27.9 Å². The number of allylic oxidation sites excluding steroid dienone is 1. The first-order valence-corrected chi connectivity index (χ1v) is 12.6. The van der Waals surface area contributed by atoms with Crippen LogP contribution in [0.5, 0.6) is 0 Å². The van der Waals surface area contributed by atoms with E-state index in [9.17, 15) is 13.8 Å². The van der Waals surface area contributed by atoms with Crippen LogP contribution in [0.1, 0.15) is 28.8 Å². The summed E-state index contributed by atoms with van der Waals surface area (Å²) in [7, 11) is -1.35. The van der Waals surface area contributed by atoms with Crippen LogP contribution in [0, 0.1) is 0 Å². The fourth-order valence-corrected chi connectivity index (χ4v) is 6.89. The number of nitrogens with zero attached hydrogens (tertiary/aromatic N) is 1. The van der Waals surface area contributed by atoms with Crippen molar-refractivity contribution in [1.82, 2.24) is 4.31 Å². The van der Waals surface area contributed by atoms with Crippen LogP contribution in [0.25, 0.3) is 5.76 Å². The first-order valence-electron chi connectivity index (χ1n) is 9.75. The number of fused-ring (bicyclic) bond motifs is 2. The quantitative estimate of drug-likeness (QED) is 0.564. The number of Topliss-reactive ketones (excluding diaryl/α,β-unsaturated/α-hetero) is 2. The van der Waals surface area contributed by atoms with Crippen molar-refractivity contribution in [1.29, 1.82) is 0 Å². The highest BCUT2D eigenvalue weighted by Crippen LogP contribution is 2.47. The zero-order valence-electron chi connectivity index (χ0n) is 16.2. The third-order valence-electron chi connectivity index (χ3n) is 5.79. The Balaban J connectivity index is 1.36. The van der Waals surface area contributed by atoms with E-state index in [2.05, 4.69) is 0 Å². The van der Waals surface area contributed by atoms with Gasteiger partial charge in [-0.2, -0.15) is 0 Å². The lowest BCUT2D eigenvalue weighted by atomic mass is 9.90. The molecular weight excluding hydrogens is 477 g/mol. The van der Waals surface area contributed by atoms with Crippen molar-refractivity contribution in [3.8, 4) is 0 Å². The van der Waals surface area contributed by atoms with E-state index in [1.165, 1.54) is 11.8 Å². The van der Waals surface area contributed by atoms with Gasteiger partial charge in [-0.05, 0) is 18.2 Å². The van der Waals surface area contributed by atoms with Crippen molar-refractivity contribution in [2.24, 2.45) is 0 Å². The molecule has 0 aromatic heterocycles. The van der Waals surface area contributed by atoms with E-state index in [0.717, 1.165) is 0 Å². The van der Waals surface area contributed by atoms with Crippen molar-refractivity contribution >= 4 is 63.3 Å². The number of carbonyl (C=O) groups excluding carboxylic acids is 2. The summed E-state index contributed by atoms with van der Waals surface area (Å²) in [5.41, 5.74) is 0.604. The highest BCUT2D eigenvalue weighted by molar-refractivity contribution is 8.04. The van der Waals surface area contributed by atoms with Crippen LogP contribution in [-0.2, 0) is 20.5 Å². The van der Waals surface area contributed by atoms with Crippen LogP contribution in [0.15, 0.2) is 52.3 Å². The monoisotopic (exact) mass is 493 g/mol. The minimum Gasteiger partial charge on any atom is -0.484 e. The van der Waals surface area contributed by atoms with Crippen molar-refractivity contribution < 1.29 is 18.5 Å². The number of rotatable bonds is 2. The number of ether oxygens (including phenoxy) is 1. The van der Waals surface area contributed by atoms with Crippen LogP contribution in [0.4, 0.5) is 0 Å². The Kier molecular flexibility index (Phi) is 5.51. The van der Waals surface area contributed by atoms with E-state index in [1.54, 1.807) is 30.3 Å². The molecule has 1 saturated heterocycles. The Labute approximate surface area is 196 Å². The number of hydrogen-bond acceptors (Lipinski definition) is 5. The lowest BCUT2D eigenvalue weighted by molar-refractivity contribution is -0.111. The van der Waals surface area contributed by atoms with Crippen LogP contribution in [-0.4, -0.2) is 44.5 Å². The summed E-state index contributed by atoms with van der Waals surface area (Å²) in [4.78, 5) is 26.0. The smallest absolute Gasteiger partial charge is 0.243 e. The Morgan fingerprint density at radius 3 is 2.39 bits per heavy atom. The third kappa shape index (κ3) is 3.66. The first-order chi connectivity index (χ1) is 14.9. The minimum atomic E-state index is -1.35. The average molecular weight is 494 g/mol. The molecule has 2 heterocycles. The van der Waals surface area contributed by atoms with E-state index < -0.39 is 28.2 Å². The zero-order chi connectivity index (χ0) is 21.8. The first kappa shape index (κ1) is 21.2. The molecule has 2 aliphatic heterocycles.